The number of anilines is 1. The van der Waals surface area contributed by atoms with Crippen molar-refractivity contribution in [3.05, 3.63) is 52.3 Å². The first kappa shape index (κ1) is 15.2. The van der Waals surface area contributed by atoms with E-state index >= 15 is 0 Å². The van der Waals surface area contributed by atoms with Crippen molar-refractivity contribution in [2.75, 3.05) is 12.4 Å². The lowest BCUT2D eigenvalue weighted by molar-refractivity contribution is -0.384. The van der Waals surface area contributed by atoms with Crippen LogP contribution in [0.25, 0.3) is 0 Å². The lowest BCUT2D eigenvalue weighted by Gasteiger charge is -2.08. The molecule has 1 heterocycles. The Balaban J connectivity index is 2.25. The Bertz CT molecular complexity index is 718. The maximum absolute atomic E-state index is 11.0. The summed E-state index contributed by atoms with van der Waals surface area (Å²) in [5, 5.41) is 13.7. The number of hydrogen-bond acceptors (Lipinski definition) is 6. The van der Waals surface area contributed by atoms with E-state index in [0.717, 1.165) is 0 Å². The number of benzene rings is 1. The molecule has 1 aromatic carbocycles. The first-order chi connectivity index (χ1) is 10.5. The van der Waals surface area contributed by atoms with Crippen molar-refractivity contribution in [1.82, 2.24) is 4.98 Å². The minimum atomic E-state index is -0.501. The largest absolute Gasteiger partial charge is 0.457 e. The summed E-state index contributed by atoms with van der Waals surface area (Å²) in [6.45, 7) is 0. The summed E-state index contributed by atoms with van der Waals surface area (Å²) in [7, 11) is 1.60. The van der Waals surface area contributed by atoms with Gasteiger partial charge in [-0.15, -0.1) is 0 Å². The predicted molar refractivity (Wildman–Crippen MR) is 79.9 cm³/mol. The minimum Gasteiger partial charge on any atom is -0.457 e. The number of amides is 1. The van der Waals surface area contributed by atoms with E-state index < -0.39 is 10.8 Å². The maximum atomic E-state index is 11.0. The van der Waals surface area contributed by atoms with Gasteiger partial charge in [-0.25, -0.2) is 0 Å². The van der Waals surface area contributed by atoms with Crippen LogP contribution in [0.3, 0.4) is 0 Å². The maximum Gasteiger partial charge on any atom is 0.296 e. The quantitative estimate of drug-likeness (QED) is 0.620. The molecule has 2 aromatic rings. The number of carbonyl (C=O) groups is 1. The van der Waals surface area contributed by atoms with E-state index in [2.05, 4.69) is 10.3 Å². The molecule has 0 aliphatic carbocycles. The Kier molecular flexibility index (Phi) is 4.52. The molecule has 1 amide bonds. The van der Waals surface area contributed by atoms with Crippen molar-refractivity contribution in [2.24, 2.45) is 5.73 Å². The van der Waals surface area contributed by atoms with Crippen LogP contribution in [0.15, 0.2) is 36.5 Å². The SMILES string of the molecule is CNc1ccc(Oc2ccnc(CC(N)=O)c2)cc1[N+](=O)[O-]. The number of nitrogens with zero attached hydrogens (tertiary/aromatic N) is 2. The van der Waals surface area contributed by atoms with E-state index in [0.29, 0.717) is 22.9 Å². The molecular weight excluding hydrogens is 288 g/mol. The van der Waals surface area contributed by atoms with Crippen molar-refractivity contribution in [1.29, 1.82) is 0 Å². The zero-order valence-corrected chi connectivity index (χ0v) is 11.8. The molecule has 1 aromatic heterocycles. The number of hydrogen-bond donors (Lipinski definition) is 2. The average Bonchev–Trinajstić information content (AvgIpc) is 2.46. The normalized spacial score (nSPS) is 10.0. The van der Waals surface area contributed by atoms with Crippen molar-refractivity contribution in [3.8, 4) is 11.5 Å². The zero-order chi connectivity index (χ0) is 16.1. The summed E-state index contributed by atoms with van der Waals surface area (Å²) in [6.07, 6.45) is 1.47. The molecule has 8 nitrogen and oxygen atoms in total. The smallest absolute Gasteiger partial charge is 0.296 e. The van der Waals surface area contributed by atoms with E-state index in [-0.39, 0.29) is 12.1 Å². The Morgan fingerprint density at radius 3 is 2.73 bits per heavy atom. The van der Waals surface area contributed by atoms with Crippen molar-refractivity contribution in [2.45, 2.75) is 6.42 Å². The molecule has 0 radical (unpaired) electrons. The second kappa shape index (κ2) is 6.53. The number of nitro groups is 1. The molecule has 114 valence electrons. The fraction of sp³-hybridized carbons (Fsp3) is 0.143. The molecule has 8 heteroatoms. The van der Waals surface area contributed by atoms with Crippen LogP contribution < -0.4 is 15.8 Å². The molecule has 0 aliphatic rings. The second-order valence-electron chi connectivity index (χ2n) is 4.41. The summed E-state index contributed by atoms with van der Waals surface area (Å²) in [5.74, 6) is 0.221. The monoisotopic (exact) mass is 302 g/mol. The zero-order valence-electron chi connectivity index (χ0n) is 11.8. The number of carbonyl (C=O) groups excluding carboxylic acids is 1. The van der Waals surface area contributed by atoms with Gasteiger partial charge in [0.15, 0.2) is 0 Å². The first-order valence-corrected chi connectivity index (χ1v) is 6.37. The van der Waals surface area contributed by atoms with Gasteiger partial charge in [0.2, 0.25) is 5.91 Å². The number of rotatable bonds is 6. The van der Waals surface area contributed by atoms with Crippen LogP contribution in [0.1, 0.15) is 5.69 Å². The number of nitrogens with two attached hydrogens (primary N) is 1. The molecule has 0 saturated heterocycles. The molecule has 0 atom stereocenters. The fourth-order valence-corrected chi connectivity index (χ4v) is 1.87. The van der Waals surface area contributed by atoms with Crippen LogP contribution in [-0.2, 0) is 11.2 Å². The Morgan fingerprint density at radius 2 is 2.09 bits per heavy atom. The minimum absolute atomic E-state index is 0.00393. The van der Waals surface area contributed by atoms with Gasteiger partial charge in [-0.2, -0.15) is 0 Å². The second-order valence-corrected chi connectivity index (χ2v) is 4.41. The molecular formula is C14H14N4O4. The lowest BCUT2D eigenvalue weighted by Crippen LogP contribution is -2.14. The van der Waals surface area contributed by atoms with Crippen LogP contribution in [0.4, 0.5) is 11.4 Å². The van der Waals surface area contributed by atoms with Gasteiger partial charge in [0.25, 0.3) is 5.69 Å². The molecule has 3 N–H and O–H groups in total. The van der Waals surface area contributed by atoms with Crippen molar-refractivity contribution in [3.63, 3.8) is 0 Å². The highest BCUT2D eigenvalue weighted by molar-refractivity contribution is 5.76. The molecule has 0 bridgehead atoms. The third kappa shape index (κ3) is 3.69. The summed E-state index contributed by atoms with van der Waals surface area (Å²) < 4.78 is 5.57. The van der Waals surface area contributed by atoms with Crippen LogP contribution in [0, 0.1) is 10.1 Å². The van der Waals surface area contributed by atoms with E-state index in [4.69, 9.17) is 10.5 Å². The number of nitro benzene ring substituents is 1. The predicted octanol–water partition coefficient (Wildman–Crippen LogP) is 1.85. The molecule has 0 fully saturated rings. The van der Waals surface area contributed by atoms with Gasteiger partial charge in [-0.1, -0.05) is 0 Å². The Labute approximate surface area is 126 Å². The van der Waals surface area contributed by atoms with Gasteiger partial charge in [0.05, 0.1) is 23.1 Å². The topological polar surface area (TPSA) is 120 Å². The molecule has 0 spiro atoms. The number of nitrogens with one attached hydrogen (secondary N) is 1. The highest BCUT2D eigenvalue weighted by atomic mass is 16.6. The van der Waals surface area contributed by atoms with Crippen molar-refractivity contribution < 1.29 is 14.5 Å². The highest BCUT2D eigenvalue weighted by Gasteiger charge is 2.14. The highest BCUT2D eigenvalue weighted by Crippen LogP contribution is 2.31. The van der Waals surface area contributed by atoms with E-state index in [1.807, 2.05) is 0 Å². The Morgan fingerprint density at radius 1 is 1.36 bits per heavy atom. The van der Waals surface area contributed by atoms with Crippen molar-refractivity contribution >= 4 is 17.3 Å². The van der Waals surface area contributed by atoms with Gasteiger partial charge in [0.1, 0.15) is 17.2 Å². The van der Waals surface area contributed by atoms with E-state index in [9.17, 15) is 14.9 Å². The Hall–Kier alpha value is -3.16. The third-order valence-corrected chi connectivity index (χ3v) is 2.81. The summed E-state index contributed by atoms with van der Waals surface area (Å²) in [5.41, 5.74) is 5.87. The fourth-order valence-electron chi connectivity index (χ4n) is 1.87. The standard InChI is InChI=1S/C14H14N4O4/c1-16-12-3-2-10(8-13(12)18(20)21)22-11-4-5-17-9(6-11)7-14(15)19/h2-6,8,16H,7H2,1H3,(H2,15,19). The van der Waals surface area contributed by atoms with Gasteiger partial charge < -0.3 is 15.8 Å². The number of pyridine rings is 1. The van der Waals surface area contributed by atoms with E-state index in [1.54, 1.807) is 31.3 Å². The number of primary amides is 1. The van der Waals surface area contributed by atoms with Crippen LogP contribution >= 0.6 is 0 Å². The van der Waals surface area contributed by atoms with Crippen LogP contribution in [-0.4, -0.2) is 22.9 Å². The number of aromatic nitrogens is 1. The van der Waals surface area contributed by atoms with E-state index in [1.165, 1.54) is 12.3 Å². The lowest BCUT2D eigenvalue weighted by atomic mass is 10.2. The van der Waals surface area contributed by atoms with Crippen LogP contribution in [0.5, 0.6) is 11.5 Å². The first-order valence-electron chi connectivity index (χ1n) is 6.37. The van der Waals surface area contributed by atoms with Crippen LogP contribution in [0.2, 0.25) is 0 Å². The van der Waals surface area contributed by atoms with Gasteiger partial charge in [0, 0.05) is 19.3 Å². The molecule has 2 rings (SSSR count). The third-order valence-electron chi connectivity index (χ3n) is 2.81. The van der Waals surface area contributed by atoms with Gasteiger partial charge >= 0.3 is 0 Å². The van der Waals surface area contributed by atoms with Gasteiger partial charge in [-0.3, -0.25) is 19.9 Å². The summed E-state index contributed by atoms with van der Waals surface area (Å²) in [6, 6.07) is 7.62. The average molecular weight is 302 g/mol. The summed E-state index contributed by atoms with van der Waals surface area (Å²) in [4.78, 5) is 25.4. The summed E-state index contributed by atoms with van der Waals surface area (Å²) >= 11 is 0. The molecule has 0 aliphatic heterocycles. The molecule has 0 unspecified atom stereocenters. The number of ether oxygens (including phenoxy) is 1. The molecule has 22 heavy (non-hydrogen) atoms. The molecule has 0 saturated carbocycles. The van der Waals surface area contributed by atoms with Gasteiger partial charge in [-0.05, 0) is 18.2 Å².